The average molecular weight is 255 g/mol. The summed E-state index contributed by atoms with van der Waals surface area (Å²) in [5.74, 6) is 0. The highest BCUT2D eigenvalue weighted by molar-refractivity contribution is 5.92. The number of anilines is 1. The molecule has 0 saturated carbocycles. The number of aryl methyl sites for hydroxylation is 1. The van der Waals surface area contributed by atoms with Crippen molar-refractivity contribution in [3.8, 4) is 0 Å². The van der Waals surface area contributed by atoms with Gasteiger partial charge < -0.3 is 9.80 Å². The summed E-state index contributed by atoms with van der Waals surface area (Å²) in [6, 6.07) is 11.3. The molecule has 2 aromatic rings. The van der Waals surface area contributed by atoms with Crippen LogP contribution in [0.2, 0.25) is 0 Å². The molecule has 1 aliphatic rings. The van der Waals surface area contributed by atoms with Gasteiger partial charge in [0.05, 0.1) is 5.52 Å². The van der Waals surface area contributed by atoms with Crippen molar-refractivity contribution in [3.63, 3.8) is 0 Å². The minimum Gasteiger partial charge on any atom is -0.368 e. The van der Waals surface area contributed by atoms with Gasteiger partial charge in [0.2, 0.25) is 0 Å². The molecule has 19 heavy (non-hydrogen) atoms. The van der Waals surface area contributed by atoms with Gasteiger partial charge in [-0.25, -0.2) is 0 Å². The molecule has 0 bridgehead atoms. The van der Waals surface area contributed by atoms with E-state index in [1.165, 1.54) is 11.1 Å². The van der Waals surface area contributed by atoms with Crippen LogP contribution in [0.3, 0.4) is 0 Å². The maximum Gasteiger partial charge on any atom is 0.0726 e. The van der Waals surface area contributed by atoms with Crippen molar-refractivity contribution in [3.05, 3.63) is 36.0 Å². The predicted octanol–water partition coefficient (Wildman–Crippen LogP) is 2.68. The number of piperazine rings is 1. The third kappa shape index (κ3) is 2.30. The predicted molar refractivity (Wildman–Crippen MR) is 80.8 cm³/mol. The van der Waals surface area contributed by atoms with Gasteiger partial charge in [0.25, 0.3) is 0 Å². The van der Waals surface area contributed by atoms with Gasteiger partial charge in [-0.1, -0.05) is 6.07 Å². The molecule has 0 N–H and O–H groups in total. The average Bonchev–Trinajstić information content (AvgIpc) is 2.41. The monoisotopic (exact) mass is 255 g/mol. The minimum absolute atomic E-state index is 0.599. The second-order valence-electron chi connectivity index (χ2n) is 5.57. The molecule has 0 aliphatic carbocycles. The van der Waals surface area contributed by atoms with E-state index in [2.05, 4.69) is 59.1 Å². The molecule has 3 heteroatoms. The number of hydrogen-bond donors (Lipinski definition) is 0. The Labute approximate surface area is 114 Å². The lowest BCUT2D eigenvalue weighted by atomic mass is 10.1. The van der Waals surface area contributed by atoms with E-state index >= 15 is 0 Å². The lowest BCUT2D eigenvalue weighted by molar-refractivity contribution is 0.234. The Balaban J connectivity index is 2.01. The number of fused-ring (bicyclic) bond motifs is 1. The van der Waals surface area contributed by atoms with Crippen LogP contribution in [0.1, 0.15) is 12.6 Å². The maximum atomic E-state index is 4.63. The van der Waals surface area contributed by atoms with Crippen LogP contribution in [-0.2, 0) is 0 Å². The molecule has 3 nitrogen and oxygen atoms in total. The zero-order chi connectivity index (χ0) is 13.4. The number of benzene rings is 1. The number of aromatic nitrogens is 1. The molecule has 1 aromatic heterocycles. The van der Waals surface area contributed by atoms with Crippen molar-refractivity contribution in [2.45, 2.75) is 19.9 Å². The van der Waals surface area contributed by atoms with Gasteiger partial charge >= 0.3 is 0 Å². The van der Waals surface area contributed by atoms with Crippen molar-refractivity contribution in [2.75, 3.05) is 31.6 Å². The van der Waals surface area contributed by atoms with E-state index in [1.807, 2.05) is 6.92 Å². The summed E-state index contributed by atoms with van der Waals surface area (Å²) < 4.78 is 0. The number of pyridine rings is 1. The first-order valence-electron chi connectivity index (χ1n) is 6.97. The van der Waals surface area contributed by atoms with E-state index < -0.39 is 0 Å². The lowest BCUT2D eigenvalue weighted by Gasteiger charge is -2.39. The Bertz CT molecular complexity index is 594. The lowest BCUT2D eigenvalue weighted by Crippen LogP contribution is -2.50. The van der Waals surface area contributed by atoms with Crippen molar-refractivity contribution < 1.29 is 0 Å². The highest BCUT2D eigenvalue weighted by atomic mass is 15.3. The van der Waals surface area contributed by atoms with E-state index in [4.69, 9.17) is 0 Å². The first-order chi connectivity index (χ1) is 9.15. The number of rotatable bonds is 1. The molecule has 1 saturated heterocycles. The van der Waals surface area contributed by atoms with Crippen molar-refractivity contribution in [1.29, 1.82) is 0 Å². The molecule has 3 rings (SSSR count). The van der Waals surface area contributed by atoms with Crippen LogP contribution in [0.5, 0.6) is 0 Å². The van der Waals surface area contributed by atoms with Gasteiger partial charge in [-0.05, 0) is 45.2 Å². The molecule has 0 spiro atoms. The van der Waals surface area contributed by atoms with E-state index in [1.54, 1.807) is 0 Å². The van der Waals surface area contributed by atoms with Crippen molar-refractivity contribution in [2.24, 2.45) is 0 Å². The highest BCUT2D eigenvalue weighted by Gasteiger charge is 2.21. The molecular formula is C16H21N3. The van der Waals surface area contributed by atoms with E-state index in [9.17, 15) is 0 Å². The zero-order valence-electron chi connectivity index (χ0n) is 11.9. The number of likely N-dealkylation sites (N-methyl/N-ethyl adjacent to an activating group) is 1. The topological polar surface area (TPSA) is 19.4 Å². The summed E-state index contributed by atoms with van der Waals surface area (Å²) in [4.78, 5) is 9.54. The van der Waals surface area contributed by atoms with E-state index in [0.717, 1.165) is 30.8 Å². The van der Waals surface area contributed by atoms with Crippen LogP contribution in [0.15, 0.2) is 30.3 Å². The second-order valence-corrected chi connectivity index (χ2v) is 5.57. The summed E-state index contributed by atoms with van der Waals surface area (Å²) in [6.45, 7) is 7.64. The summed E-state index contributed by atoms with van der Waals surface area (Å²) >= 11 is 0. The molecule has 1 aromatic carbocycles. The van der Waals surface area contributed by atoms with Crippen LogP contribution in [0.25, 0.3) is 10.9 Å². The van der Waals surface area contributed by atoms with Crippen LogP contribution < -0.4 is 4.90 Å². The van der Waals surface area contributed by atoms with Gasteiger partial charge in [-0.2, -0.15) is 0 Å². The summed E-state index contributed by atoms with van der Waals surface area (Å²) in [5.41, 5.74) is 3.51. The molecule has 1 unspecified atom stereocenters. The van der Waals surface area contributed by atoms with Crippen LogP contribution >= 0.6 is 0 Å². The summed E-state index contributed by atoms with van der Waals surface area (Å²) in [7, 11) is 2.20. The first kappa shape index (κ1) is 12.4. The number of hydrogen-bond acceptors (Lipinski definition) is 3. The highest BCUT2D eigenvalue weighted by Crippen LogP contribution is 2.27. The normalized spacial score (nSPS) is 21.0. The Morgan fingerprint density at radius 2 is 2.00 bits per heavy atom. The van der Waals surface area contributed by atoms with Crippen LogP contribution in [0, 0.1) is 6.92 Å². The van der Waals surface area contributed by atoms with Gasteiger partial charge in [-0.15, -0.1) is 0 Å². The summed E-state index contributed by atoms with van der Waals surface area (Å²) in [6.07, 6.45) is 0. The van der Waals surface area contributed by atoms with Gasteiger partial charge in [0.1, 0.15) is 0 Å². The van der Waals surface area contributed by atoms with Crippen LogP contribution in [0.4, 0.5) is 5.69 Å². The first-order valence-corrected chi connectivity index (χ1v) is 6.97. The Hall–Kier alpha value is -1.61. The van der Waals surface area contributed by atoms with Crippen molar-refractivity contribution in [1.82, 2.24) is 9.88 Å². The van der Waals surface area contributed by atoms with E-state index in [0.29, 0.717) is 6.04 Å². The third-order valence-corrected chi connectivity index (χ3v) is 4.15. The number of nitrogens with zero attached hydrogens (tertiary/aromatic N) is 3. The van der Waals surface area contributed by atoms with E-state index in [-0.39, 0.29) is 0 Å². The van der Waals surface area contributed by atoms with Gasteiger partial charge in [0, 0.05) is 42.4 Å². The smallest absolute Gasteiger partial charge is 0.0726 e. The van der Waals surface area contributed by atoms with Crippen LogP contribution in [-0.4, -0.2) is 42.6 Å². The minimum atomic E-state index is 0.599. The fraction of sp³-hybridized carbons (Fsp3) is 0.438. The zero-order valence-corrected chi connectivity index (χ0v) is 11.9. The molecule has 0 amide bonds. The standard InChI is InChI=1S/C16H21N3/c1-12-7-8-14-15(17-12)5-4-6-16(14)19-10-9-18(3)13(2)11-19/h4-8,13H,9-11H2,1-3H3. The van der Waals surface area contributed by atoms with Crippen molar-refractivity contribution >= 4 is 16.6 Å². The quantitative estimate of drug-likeness (QED) is 0.781. The molecule has 100 valence electrons. The summed E-state index contributed by atoms with van der Waals surface area (Å²) in [5, 5.41) is 1.27. The molecule has 1 fully saturated rings. The molecular weight excluding hydrogens is 234 g/mol. The van der Waals surface area contributed by atoms with Gasteiger partial charge in [0.15, 0.2) is 0 Å². The molecule has 2 heterocycles. The largest absolute Gasteiger partial charge is 0.368 e. The Morgan fingerprint density at radius 1 is 1.16 bits per heavy atom. The Morgan fingerprint density at radius 3 is 2.79 bits per heavy atom. The maximum absolute atomic E-state index is 4.63. The van der Waals surface area contributed by atoms with Gasteiger partial charge in [-0.3, -0.25) is 4.98 Å². The fourth-order valence-corrected chi connectivity index (χ4v) is 2.78. The molecule has 1 atom stereocenters. The second kappa shape index (κ2) is 4.82. The third-order valence-electron chi connectivity index (χ3n) is 4.15. The molecule has 0 radical (unpaired) electrons. The Kier molecular flexibility index (Phi) is 3.15. The fourth-order valence-electron chi connectivity index (χ4n) is 2.78. The molecule has 1 aliphatic heterocycles. The SMILES string of the molecule is Cc1ccc2c(N3CCN(C)C(C)C3)cccc2n1.